The summed E-state index contributed by atoms with van der Waals surface area (Å²) >= 11 is 3.51. The molecule has 6 aromatic rings. The molecule has 0 radical (unpaired) electrons. The molecule has 33 heavy (non-hydrogen) atoms. The molecule has 5 heteroatoms. The molecule has 0 spiro atoms. The van der Waals surface area contributed by atoms with Crippen LogP contribution in [0.3, 0.4) is 0 Å². The molecule has 0 N–H and O–H groups in total. The molecule has 0 saturated carbocycles. The maximum atomic E-state index is 6.16. The molecule has 0 saturated heterocycles. The first-order chi connectivity index (χ1) is 16.3. The number of hydrogen-bond donors (Lipinski definition) is 0. The fourth-order valence-electron chi connectivity index (χ4n) is 4.15. The molecular formula is C28H18BrN3O. The first-order valence-corrected chi connectivity index (χ1v) is 11.4. The third kappa shape index (κ3) is 3.66. The molecule has 0 atom stereocenters. The Bertz CT molecular complexity index is 1590. The van der Waals surface area contributed by atoms with Crippen molar-refractivity contribution in [3.8, 4) is 28.4 Å². The minimum atomic E-state index is 0.775. The van der Waals surface area contributed by atoms with E-state index in [2.05, 4.69) is 74.0 Å². The first kappa shape index (κ1) is 19.7. The van der Waals surface area contributed by atoms with Crippen molar-refractivity contribution in [1.82, 2.24) is 14.5 Å². The summed E-state index contributed by atoms with van der Waals surface area (Å²) in [6.07, 6.45) is 5.52. The minimum absolute atomic E-state index is 0.775. The van der Waals surface area contributed by atoms with Crippen molar-refractivity contribution in [2.45, 2.75) is 0 Å². The second-order valence-corrected chi connectivity index (χ2v) is 8.65. The van der Waals surface area contributed by atoms with Gasteiger partial charge in [0.05, 0.1) is 11.0 Å². The number of halogens is 1. The Morgan fingerprint density at radius 3 is 2.33 bits per heavy atom. The standard InChI is InChI=1S/C28H18BrN3O/c29-21-6-3-7-22(15-21)33-23-11-12-25-24-8-1-2-9-26(24)32(27(25)16-23)28-13-10-20(18-31-28)19-5-4-14-30-17-19/h1-18H. The molecular weight excluding hydrogens is 474 g/mol. The van der Waals surface area contributed by atoms with Gasteiger partial charge >= 0.3 is 0 Å². The summed E-state index contributed by atoms with van der Waals surface area (Å²) in [4.78, 5) is 9.03. The molecule has 0 aliphatic heterocycles. The van der Waals surface area contributed by atoms with Crippen molar-refractivity contribution in [1.29, 1.82) is 0 Å². The Morgan fingerprint density at radius 1 is 0.667 bits per heavy atom. The SMILES string of the molecule is Brc1cccc(Oc2ccc3c4ccccc4n(-c4ccc(-c5cccnc5)cn4)c3c2)c1. The van der Waals surface area contributed by atoms with Gasteiger partial charge in [0.1, 0.15) is 17.3 Å². The molecule has 158 valence electrons. The van der Waals surface area contributed by atoms with Crippen molar-refractivity contribution in [2.24, 2.45) is 0 Å². The van der Waals surface area contributed by atoms with Gasteiger partial charge in [0.25, 0.3) is 0 Å². The Labute approximate surface area is 199 Å². The number of benzene rings is 3. The lowest BCUT2D eigenvalue weighted by Gasteiger charge is -2.10. The summed E-state index contributed by atoms with van der Waals surface area (Å²) in [6, 6.07) is 30.6. The molecule has 3 aromatic heterocycles. The number of aromatic nitrogens is 3. The number of rotatable bonds is 4. The van der Waals surface area contributed by atoms with Crippen LogP contribution in [-0.4, -0.2) is 14.5 Å². The topological polar surface area (TPSA) is 39.9 Å². The Hall–Kier alpha value is -3.96. The van der Waals surface area contributed by atoms with Crippen molar-refractivity contribution in [3.63, 3.8) is 0 Å². The highest BCUT2D eigenvalue weighted by Crippen LogP contribution is 2.35. The second kappa shape index (κ2) is 8.19. The van der Waals surface area contributed by atoms with Crippen LogP contribution in [0.1, 0.15) is 0 Å². The number of ether oxygens (including phenoxy) is 1. The van der Waals surface area contributed by atoms with E-state index < -0.39 is 0 Å². The van der Waals surface area contributed by atoms with Gasteiger partial charge in [-0.2, -0.15) is 0 Å². The molecule has 0 fully saturated rings. The lowest BCUT2D eigenvalue weighted by Crippen LogP contribution is -1.97. The summed E-state index contributed by atoms with van der Waals surface area (Å²) < 4.78 is 9.33. The highest BCUT2D eigenvalue weighted by molar-refractivity contribution is 9.10. The van der Waals surface area contributed by atoms with Crippen LogP contribution in [0, 0.1) is 0 Å². The van der Waals surface area contributed by atoms with Gasteiger partial charge in [-0.3, -0.25) is 9.55 Å². The number of fused-ring (bicyclic) bond motifs is 3. The van der Waals surface area contributed by atoms with Crippen LogP contribution < -0.4 is 4.74 Å². The van der Waals surface area contributed by atoms with Crippen LogP contribution in [0.25, 0.3) is 38.8 Å². The van der Waals surface area contributed by atoms with Crippen LogP contribution in [0.4, 0.5) is 0 Å². The predicted octanol–water partition coefficient (Wildman–Crippen LogP) is 7.80. The first-order valence-electron chi connectivity index (χ1n) is 10.6. The molecule has 6 rings (SSSR count). The zero-order chi connectivity index (χ0) is 22.2. The summed E-state index contributed by atoms with van der Waals surface area (Å²) in [5.41, 5.74) is 4.23. The van der Waals surface area contributed by atoms with Crippen molar-refractivity contribution in [2.75, 3.05) is 0 Å². The third-order valence-electron chi connectivity index (χ3n) is 5.65. The molecule has 0 amide bonds. The maximum Gasteiger partial charge on any atom is 0.137 e. The van der Waals surface area contributed by atoms with Crippen LogP contribution in [0.5, 0.6) is 11.5 Å². The van der Waals surface area contributed by atoms with E-state index in [1.165, 1.54) is 5.39 Å². The summed E-state index contributed by atoms with van der Waals surface area (Å²) in [5, 5.41) is 2.34. The number of pyridine rings is 2. The van der Waals surface area contributed by atoms with Crippen molar-refractivity contribution in [3.05, 3.63) is 114 Å². The smallest absolute Gasteiger partial charge is 0.137 e. The molecule has 0 bridgehead atoms. The number of para-hydroxylation sites is 1. The maximum absolute atomic E-state index is 6.16. The van der Waals surface area contributed by atoms with Gasteiger partial charge in [0.15, 0.2) is 0 Å². The lowest BCUT2D eigenvalue weighted by atomic mass is 10.1. The zero-order valence-corrected chi connectivity index (χ0v) is 19.1. The fraction of sp³-hybridized carbons (Fsp3) is 0. The average Bonchev–Trinajstić information content (AvgIpc) is 3.18. The van der Waals surface area contributed by atoms with E-state index in [9.17, 15) is 0 Å². The molecule has 0 unspecified atom stereocenters. The number of hydrogen-bond acceptors (Lipinski definition) is 3. The van der Waals surface area contributed by atoms with Crippen LogP contribution in [0.2, 0.25) is 0 Å². The van der Waals surface area contributed by atoms with Crippen molar-refractivity contribution < 1.29 is 4.74 Å². The van der Waals surface area contributed by atoms with Gasteiger partial charge in [-0.05, 0) is 54.6 Å². The van der Waals surface area contributed by atoms with E-state index in [4.69, 9.17) is 9.72 Å². The highest BCUT2D eigenvalue weighted by atomic mass is 79.9. The lowest BCUT2D eigenvalue weighted by molar-refractivity contribution is 0.483. The molecule has 3 heterocycles. The average molecular weight is 492 g/mol. The van der Waals surface area contributed by atoms with E-state index in [-0.39, 0.29) is 0 Å². The molecule has 0 aliphatic carbocycles. The minimum Gasteiger partial charge on any atom is -0.457 e. The van der Waals surface area contributed by atoms with Gasteiger partial charge in [0.2, 0.25) is 0 Å². The Morgan fingerprint density at radius 2 is 1.52 bits per heavy atom. The van der Waals surface area contributed by atoms with Gasteiger partial charge in [-0.15, -0.1) is 0 Å². The van der Waals surface area contributed by atoms with Gasteiger partial charge in [-0.1, -0.05) is 46.3 Å². The number of nitrogens with zero attached hydrogens (tertiary/aromatic N) is 3. The Kier molecular flexibility index (Phi) is 4.89. The van der Waals surface area contributed by atoms with Gasteiger partial charge in [0, 0.05) is 51.0 Å². The van der Waals surface area contributed by atoms with E-state index >= 15 is 0 Å². The summed E-state index contributed by atoms with van der Waals surface area (Å²) in [5.74, 6) is 2.41. The van der Waals surface area contributed by atoms with E-state index in [0.29, 0.717) is 0 Å². The quantitative estimate of drug-likeness (QED) is 0.252. The van der Waals surface area contributed by atoms with Crippen molar-refractivity contribution >= 4 is 37.7 Å². The molecule has 4 nitrogen and oxygen atoms in total. The Balaban J connectivity index is 1.49. The van der Waals surface area contributed by atoms with Crippen LogP contribution in [0.15, 0.2) is 114 Å². The van der Waals surface area contributed by atoms with Crippen LogP contribution >= 0.6 is 15.9 Å². The van der Waals surface area contributed by atoms with E-state index in [1.54, 1.807) is 6.20 Å². The summed E-state index contributed by atoms with van der Waals surface area (Å²) in [6.45, 7) is 0. The largest absolute Gasteiger partial charge is 0.457 e. The van der Waals surface area contributed by atoms with Gasteiger partial charge in [-0.25, -0.2) is 4.98 Å². The molecule has 0 aliphatic rings. The summed E-state index contributed by atoms with van der Waals surface area (Å²) in [7, 11) is 0. The zero-order valence-electron chi connectivity index (χ0n) is 17.5. The van der Waals surface area contributed by atoms with E-state index in [0.717, 1.165) is 49.3 Å². The predicted molar refractivity (Wildman–Crippen MR) is 136 cm³/mol. The highest BCUT2D eigenvalue weighted by Gasteiger charge is 2.14. The third-order valence-corrected chi connectivity index (χ3v) is 6.14. The fourth-order valence-corrected chi connectivity index (χ4v) is 4.53. The molecule has 3 aromatic carbocycles. The monoisotopic (exact) mass is 491 g/mol. The van der Waals surface area contributed by atoms with E-state index in [1.807, 2.05) is 54.9 Å². The van der Waals surface area contributed by atoms with Crippen LogP contribution in [-0.2, 0) is 0 Å². The second-order valence-electron chi connectivity index (χ2n) is 7.74. The normalized spacial score (nSPS) is 11.2. The van der Waals surface area contributed by atoms with Gasteiger partial charge < -0.3 is 4.74 Å².